The van der Waals surface area contributed by atoms with Gasteiger partial charge in [0.25, 0.3) is 10.0 Å². The molecule has 0 amide bonds. The summed E-state index contributed by atoms with van der Waals surface area (Å²) in [5.41, 5.74) is -2.07. The van der Waals surface area contributed by atoms with Crippen molar-refractivity contribution < 1.29 is 44.2 Å². The molecule has 39 heavy (non-hydrogen) atoms. The van der Waals surface area contributed by atoms with E-state index in [4.69, 9.17) is 9.47 Å². The number of rotatable bonds is 7. The van der Waals surface area contributed by atoms with Crippen molar-refractivity contribution in [1.29, 1.82) is 0 Å². The molecule has 1 unspecified atom stereocenters. The van der Waals surface area contributed by atoms with Crippen LogP contribution < -0.4 is 14.2 Å². The first-order valence-corrected chi connectivity index (χ1v) is 13.5. The number of pyridine rings is 1. The minimum atomic E-state index is -4.71. The number of nitrogens with zero attached hydrogens (tertiary/aromatic N) is 2. The Hall–Kier alpha value is -3.04. The fraction of sp³-hybridized carbons (Fsp3) is 0.292. The lowest BCUT2D eigenvalue weighted by atomic mass is 10.1. The van der Waals surface area contributed by atoms with Crippen LogP contribution in [0.2, 0.25) is 0 Å². The van der Waals surface area contributed by atoms with Gasteiger partial charge in [-0.1, -0.05) is 0 Å². The number of likely N-dealkylation sites (N-methyl/N-ethyl adjacent to an activating group) is 1. The molecule has 0 spiro atoms. The highest BCUT2D eigenvalue weighted by atomic mass is 79.9. The molecule has 0 radical (unpaired) electrons. The second-order valence-electron chi connectivity index (χ2n) is 8.69. The summed E-state index contributed by atoms with van der Waals surface area (Å²) in [6.45, 7) is 1.08. The van der Waals surface area contributed by atoms with Crippen LogP contribution in [0.5, 0.6) is 17.4 Å². The monoisotopic (exact) mass is 639 g/mol. The zero-order chi connectivity index (χ0) is 28.6. The maximum absolute atomic E-state index is 13.5. The molecule has 7 nitrogen and oxygen atoms in total. The van der Waals surface area contributed by atoms with Crippen molar-refractivity contribution in [2.75, 3.05) is 24.9 Å². The van der Waals surface area contributed by atoms with Gasteiger partial charge in [-0.15, -0.1) is 0 Å². The second kappa shape index (κ2) is 10.8. The number of halogens is 7. The van der Waals surface area contributed by atoms with Crippen LogP contribution in [0.1, 0.15) is 17.5 Å². The van der Waals surface area contributed by atoms with Gasteiger partial charge in [0.2, 0.25) is 5.88 Å². The first-order chi connectivity index (χ1) is 18.1. The first-order valence-electron chi connectivity index (χ1n) is 11.2. The van der Waals surface area contributed by atoms with Crippen LogP contribution in [0.25, 0.3) is 0 Å². The number of alkyl halides is 6. The predicted molar refractivity (Wildman–Crippen MR) is 132 cm³/mol. The van der Waals surface area contributed by atoms with Crippen molar-refractivity contribution >= 4 is 31.6 Å². The number of ether oxygens (including phenoxy) is 2. The molecular formula is C24H20BrF6N3O4S. The Balaban J connectivity index is 1.53. The summed E-state index contributed by atoms with van der Waals surface area (Å²) >= 11 is 3.12. The van der Waals surface area contributed by atoms with Gasteiger partial charge in [0.05, 0.1) is 27.5 Å². The molecule has 1 fully saturated rings. The van der Waals surface area contributed by atoms with Crippen LogP contribution in [0.4, 0.5) is 32.0 Å². The fourth-order valence-corrected chi connectivity index (χ4v) is 5.36. The Labute approximate surface area is 227 Å². The summed E-state index contributed by atoms with van der Waals surface area (Å²) in [6, 6.07) is 7.61. The van der Waals surface area contributed by atoms with Crippen molar-refractivity contribution in [3.63, 3.8) is 0 Å². The first kappa shape index (κ1) is 29.0. The molecule has 1 atom stereocenters. The Morgan fingerprint density at radius 3 is 2.28 bits per heavy atom. The molecule has 1 aliphatic rings. The Bertz CT molecular complexity index is 1450. The van der Waals surface area contributed by atoms with E-state index >= 15 is 0 Å². The molecule has 1 N–H and O–H groups in total. The molecule has 2 heterocycles. The van der Waals surface area contributed by atoms with E-state index in [0.717, 1.165) is 54.7 Å². The standard InChI is InChI=1S/C24H20BrF6N3O4S/c1-34-9-8-17(13-34)37-21-10-15(4-7-19(21)24(29,30)31)33-39(35,36)18-11-20(25)22(32-12-18)38-16-5-2-14(3-6-16)23(26,27)28/h2-7,10-12,17,33H,8-9,13H2,1H3. The number of hydrogen-bond acceptors (Lipinski definition) is 6. The molecule has 1 saturated heterocycles. The number of benzene rings is 2. The quantitative estimate of drug-likeness (QED) is 0.295. The molecular weight excluding hydrogens is 620 g/mol. The summed E-state index contributed by atoms with van der Waals surface area (Å²) in [7, 11) is -2.51. The summed E-state index contributed by atoms with van der Waals surface area (Å²) in [5.74, 6) is -0.598. The van der Waals surface area contributed by atoms with Gasteiger partial charge in [0.1, 0.15) is 22.5 Å². The average molecular weight is 640 g/mol. The summed E-state index contributed by atoms with van der Waals surface area (Å²) in [5, 5.41) is 0. The maximum Gasteiger partial charge on any atom is 0.419 e. The van der Waals surface area contributed by atoms with Crippen LogP contribution in [0.15, 0.2) is 64.1 Å². The van der Waals surface area contributed by atoms with Crippen LogP contribution in [0.3, 0.4) is 0 Å². The highest BCUT2D eigenvalue weighted by Crippen LogP contribution is 2.39. The van der Waals surface area contributed by atoms with Gasteiger partial charge in [0, 0.05) is 19.2 Å². The van der Waals surface area contributed by atoms with Crippen molar-refractivity contribution in [1.82, 2.24) is 9.88 Å². The van der Waals surface area contributed by atoms with E-state index in [0.29, 0.717) is 19.5 Å². The van der Waals surface area contributed by atoms with Gasteiger partial charge in [-0.25, -0.2) is 13.4 Å². The van der Waals surface area contributed by atoms with E-state index in [2.05, 4.69) is 25.6 Å². The molecule has 4 rings (SSSR count). The highest BCUT2D eigenvalue weighted by molar-refractivity contribution is 9.10. The van der Waals surface area contributed by atoms with Crippen molar-refractivity contribution in [3.05, 3.63) is 70.3 Å². The lowest BCUT2D eigenvalue weighted by Gasteiger charge is -2.19. The molecule has 15 heteroatoms. The van der Waals surface area contributed by atoms with E-state index in [1.165, 1.54) is 0 Å². The minimum absolute atomic E-state index is 0.0238. The minimum Gasteiger partial charge on any atom is -0.488 e. The van der Waals surface area contributed by atoms with Gasteiger partial charge in [0.15, 0.2) is 0 Å². The predicted octanol–water partition coefficient (Wildman–Crippen LogP) is 6.56. The zero-order valence-electron chi connectivity index (χ0n) is 20.0. The topological polar surface area (TPSA) is 80.8 Å². The highest BCUT2D eigenvalue weighted by Gasteiger charge is 2.36. The zero-order valence-corrected chi connectivity index (χ0v) is 22.4. The Morgan fingerprint density at radius 1 is 1.03 bits per heavy atom. The van der Waals surface area contributed by atoms with Crippen LogP contribution >= 0.6 is 15.9 Å². The lowest BCUT2D eigenvalue weighted by Crippen LogP contribution is -2.23. The van der Waals surface area contributed by atoms with Crippen molar-refractivity contribution in [2.45, 2.75) is 29.8 Å². The number of hydrogen-bond donors (Lipinski definition) is 1. The number of likely N-dealkylation sites (tertiary alicyclic amines) is 1. The molecule has 0 aliphatic carbocycles. The smallest absolute Gasteiger partial charge is 0.419 e. The number of aromatic nitrogens is 1. The Kier molecular flexibility index (Phi) is 8.06. The normalized spacial score (nSPS) is 16.8. The van der Waals surface area contributed by atoms with E-state index in [1.807, 2.05) is 11.9 Å². The van der Waals surface area contributed by atoms with Gasteiger partial charge in [-0.2, -0.15) is 26.3 Å². The number of nitrogens with one attached hydrogen (secondary N) is 1. The van der Waals surface area contributed by atoms with E-state index in [-0.39, 0.29) is 26.7 Å². The summed E-state index contributed by atoms with van der Waals surface area (Å²) in [6.07, 6.45) is -8.27. The van der Waals surface area contributed by atoms with Gasteiger partial charge in [-0.05, 0) is 71.9 Å². The number of anilines is 1. The van der Waals surface area contributed by atoms with Gasteiger partial charge >= 0.3 is 12.4 Å². The lowest BCUT2D eigenvalue weighted by molar-refractivity contribution is -0.139. The third kappa shape index (κ3) is 7.13. The summed E-state index contributed by atoms with van der Waals surface area (Å²) < 4.78 is 118. The fourth-order valence-electron chi connectivity index (χ4n) is 3.76. The SMILES string of the molecule is CN1CCC(Oc2cc(NS(=O)(=O)c3cnc(Oc4ccc(C(F)(F)F)cc4)c(Br)c3)ccc2C(F)(F)F)C1. The van der Waals surface area contributed by atoms with E-state index in [9.17, 15) is 34.8 Å². The molecule has 0 bridgehead atoms. The van der Waals surface area contributed by atoms with Gasteiger partial charge < -0.3 is 14.4 Å². The third-order valence-electron chi connectivity index (χ3n) is 5.67. The van der Waals surface area contributed by atoms with Crippen LogP contribution in [-0.2, 0) is 22.4 Å². The van der Waals surface area contributed by atoms with Gasteiger partial charge in [-0.3, -0.25) is 4.72 Å². The average Bonchev–Trinajstić information content (AvgIpc) is 3.23. The molecule has 2 aromatic carbocycles. The summed E-state index contributed by atoms with van der Waals surface area (Å²) in [4.78, 5) is 5.45. The molecule has 1 aliphatic heterocycles. The maximum atomic E-state index is 13.5. The van der Waals surface area contributed by atoms with E-state index < -0.39 is 45.4 Å². The molecule has 210 valence electrons. The molecule has 1 aromatic heterocycles. The van der Waals surface area contributed by atoms with Crippen LogP contribution in [0, 0.1) is 0 Å². The van der Waals surface area contributed by atoms with Crippen molar-refractivity contribution in [3.8, 4) is 17.4 Å². The molecule has 3 aromatic rings. The number of sulfonamides is 1. The third-order valence-corrected chi connectivity index (χ3v) is 7.59. The Morgan fingerprint density at radius 2 is 1.72 bits per heavy atom. The second-order valence-corrected chi connectivity index (χ2v) is 11.2. The van der Waals surface area contributed by atoms with Crippen molar-refractivity contribution in [2.24, 2.45) is 0 Å². The largest absolute Gasteiger partial charge is 0.488 e. The molecule has 0 saturated carbocycles. The van der Waals surface area contributed by atoms with Crippen LogP contribution in [-0.4, -0.2) is 44.5 Å². The van der Waals surface area contributed by atoms with E-state index in [1.54, 1.807) is 0 Å².